The number of hydrogen-bond donors (Lipinski definition) is 1. The molecule has 1 N–H and O–H groups in total. The van der Waals surface area contributed by atoms with Gasteiger partial charge in [0.2, 0.25) is 5.91 Å². The van der Waals surface area contributed by atoms with Crippen LogP contribution in [-0.4, -0.2) is 29.1 Å². The van der Waals surface area contributed by atoms with Crippen LogP contribution in [0.4, 0.5) is 0 Å². The van der Waals surface area contributed by atoms with Gasteiger partial charge < -0.3 is 10.0 Å². The smallest absolute Gasteiger partial charge is 0.227 e. The molecule has 0 spiro atoms. The van der Waals surface area contributed by atoms with Crippen molar-refractivity contribution >= 4 is 21.8 Å². The molecule has 0 atom stereocenters. The molecule has 0 aliphatic heterocycles. The Morgan fingerprint density at radius 3 is 2.43 bits per heavy atom. The number of halogens is 1. The van der Waals surface area contributed by atoms with Crippen LogP contribution in [0, 0.1) is 0 Å². The van der Waals surface area contributed by atoms with Crippen molar-refractivity contribution in [2.24, 2.45) is 0 Å². The second-order valence-electron chi connectivity index (χ2n) is 4.83. The third-order valence-electron chi connectivity index (χ3n) is 3.18. The first-order valence-corrected chi connectivity index (χ1v) is 7.65. The Hall–Kier alpha value is -1.65. The zero-order valence-electron chi connectivity index (χ0n) is 11.7. The second-order valence-corrected chi connectivity index (χ2v) is 5.75. The van der Waals surface area contributed by atoms with Gasteiger partial charge in [-0.05, 0) is 23.3 Å². The summed E-state index contributed by atoms with van der Waals surface area (Å²) in [7, 11) is 0. The first kappa shape index (κ1) is 15.7. The number of aliphatic hydroxyl groups is 1. The number of carbonyl (C=O) groups excluding carboxylic acids is 1. The lowest BCUT2D eigenvalue weighted by molar-refractivity contribution is -0.131. The average Bonchev–Trinajstić information content (AvgIpc) is 2.48. The molecule has 3 nitrogen and oxygen atoms in total. The van der Waals surface area contributed by atoms with Gasteiger partial charge in [-0.25, -0.2) is 0 Å². The van der Waals surface area contributed by atoms with Gasteiger partial charge in [-0.1, -0.05) is 58.4 Å². The van der Waals surface area contributed by atoms with Crippen molar-refractivity contribution in [3.05, 3.63) is 70.2 Å². The van der Waals surface area contributed by atoms with Crippen LogP contribution in [0.15, 0.2) is 59.1 Å². The number of rotatable bonds is 6. The highest BCUT2D eigenvalue weighted by Crippen LogP contribution is 2.13. The van der Waals surface area contributed by atoms with E-state index in [0.717, 1.165) is 15.6 Å². The molecular formula is C17H18BrNO2. The first-order valence-electron chi connectivity index (χ1n) is 6.86. The van der Waals surface area contributed by atoms with Crippen molar-refractivity contribution in [3.63, 3.8) is 0 Å². The molecule has 1 amide bonds. The Morgan fingerprint density at radius 1 is 1.05 bits per heavy atom. The lowest BCUT2D eigenvalue weighted by atomic mass is 10.1. The molecule has 21 heavy (non-hydrogen) atoms. The Balaban J connectivity index is 2.05. The minimum atomic E-state index is -0.0307. The van der Waals surface area contributed by atoms with E-state index in [1.165, 1.54) is 0 Å². The maximum atomic E-state index is 12.4. The zero-order valence-corrected chi connectivity index (χ0v) is 13.3. The summed E-state index contributed by atoms with van der Waals surface area (Å²) < 4.78 is 0.963. The Bertz CT molecular complexity index is 586. The topological polar surface area (TPSA) is 40.5 Å². The monoisotopic (exact) mass is 347 g/mol. The van der Waals surface area contributed by atoms with Gasteiger partial charge in [0.1, 0.15) is 0 Å². The highest BCUT2D eigenvalue weighted by molar-refractivity contribution is 9.10. The minimum absolute atomic E-state index is 0.0194. The van der Waals surface area contributed by atoms with E-state index in [2.05, 4.69) is 15.9 Å². The number of carbonyl (C=O) groups is 1. The summed E-state index contributed by atoms with van der Waals surface area (Å²) >= 11 is 3.41. The second kappa shape index (κ2) is 7.96. The maximum Gasteiger partial charge on any atom is 0.227 e. The van der Waals surface area contributed by atoms with Crippen LogP contribution in [0.1, 0.15) is 11.1 Å². The lowest BCUT2D eigenvalue weighted by Crippen LogP contribution is -2.34. The molecular weight excluding hydrogens is 330 g/mol. The number of aliphatic hydroxyl groups excluding tert-OH is 1. The summed E-state index contributed by atoms with van der Waals surface area (Å²) in [5.41, 5.74) is 2.03. The van der Waals surface area contributed by atoms with E-state index in [9.17, 15) is 9.90 Å². The third kappa shape index (κ3) is 4.99. The van der Waals surface area contributed by atoms with Crippen LogP contribution in [0.5, 0.6) is 0 Å². The van der Waals surface area contributed by atoms with Crippen molar-refractivity contribution in [2.75, 3.05) is 13.2 Å². The molecule has 0 unspecified atom stereocenters. The molecule has 0 bridgehead atoms. The van der Waals surface area contributed by atoms with Gasteiger partial charge in [-0.15, -0.1) is 0 Å². The molecule has 2 aromatic carbocycles. The maximum absolute atomic E-state index is 12.4. The number of benzene rings is 2. The van der Waals surface area contributed by atoms with Crippen molar-refractivity contribution in [1.82, 2.24) is 4.90 Å². The fourth-order valence-corrected chi connectivity index (χ4v) is 2.60. The van der Waals surface area contributed by atoms with Gasteiger partial charge in [0.15, 0.2) is 0 Å². The van der Waals surface area contributed by atoms with Crippen LogP contribution in [-0.2, 0) is 17.8 Å². The van der Waals surface area contributed by atoms with Gasteiger partial charge >= 0.3 is 0 Å². The molecule has 0 heterocycles. The summed E-state index contributed by atoms with van der Waals surface area (Å²) in [6.45, 7) is 0.840. The van der Waals surface area contributed by atoms with E-state index in [4.69, 9.17) is 0 Å². The number of amides is 1. The van der Waals surface area contributed by atoms with Crippen LogP contribution in [0.25, 0.3) is 0 Å². The molecule has 0 aliphatic carbocycles. The van der Waals surface area contributed by atoms with Crippen molar-refractivity contribution in [1.29, 1.82) is 0 Å². The van der Waals surface area contributed by atoms with Gasteiger partial charge in [0, 0.05) is 17.6 Å². The van der Waals surface area contributed by atoms with Crippen molar-refractivity contribution in [3.8, 4) is 0 Å². The Morgan fingerprint density at radius 2 is 1.76 bits per heavy atom. The predicted octanol–water partition coefficient (Wildman–Crippen LogP) is 3.01. The minimum Gasteiger partial charge on any atom is -0.395 e. The van der Waals surface area contributed by atoms with E-state index in [1.54, 1.807) is 4.90 Å². The molecule has 2 aromatic rings. The molecule has 0 fully saturated rings. The standard InChI is InChI=1S/C17H18BrNO2/c18-16-8-4-7-15(11-16)12-17(21)19(9-10-20)13-14-5-2-1-3-6-14/h1-8,11,20H,9-10,12-13H2. The Labute approximate surface area is 133 Å². The zero-order chi connectivity index (χ0) is 15.1. The van der Waals surface area contributed by atoms with E-state index >= 15 is 0 Å². The predicted molar refractivity (Wildman–Crippen MR) is 86.8 cm³/mol. The molecule has 4 heteroatoms. The normalized spacial score (nSPS) is 10.4. The highest BCUT2D eigenvalue weighted by Gasteiger charge is 2.14. The molecule has 110 valence electrons. The van der Waals surface area contributed by atoms with E-state index < -0.39 is 0 Å². The first-order chi connectivity index (χ1) is 10.2. The quantitative estimate of drug-likeness (QED) is 0.872. The van der Waals surface area contributed by atoms with E-state index in [1.807, 2.05) is 54.6 Å². The average molecular weight is 348 g/mol. The molecule has 2 rings (SSSR count). The van der Waals surface area contributed by atoms with Crippen LogP contribution < -0.4 is 0 Å². The third-order valence-corrected chi connectivity index (χ3v) is 3.68. The van der Waals surface area contributed by atoms with Gasteiger partial charge in [0.05, 0.1) is 13.0 Å². The van der Waals surface area contributed by atoms with Crippen LogP contribution in [0.3, 0.4) is 0 Å². The summed E-state index contributed by atoms with van der Waals surface area (Å²) in [5, 5.41) is 9.17. The van der Waals surface area contributed by atoms with Gasteiger partial charge in [0.25, 0.3) is 0 Å². The lowest BCUT2D eigenvalue weighted by Gasteiger charge is -2.22. The number of hydrogen-bond acceptors (Lipinski definition) is 2. The molecule has 0 saturated heterocycles. The summed E-state index contributed by atoms with van der Waals surface area (Å²) in [6, 6.07) is 17.5. The summed E-state index contributed by atoms with van der Waals surface area (Å²) in [5.74, 6) is 0.0194. The SMILES string of the molecule is O=C(Cc1cccc(Br)c1)N(CCO)Cc1ccccc1. The van der Waals surface area contributed by atoms with Gasteiger partial charge in [-0.3, -0.25) is 4.79 Å². The fourth-order valence-electron chi connectivity index (χ4n) is 2.15. The van der Waals surface area contributed by atoms with Crippen LogP contribution >= 0.6 is 15.9 Å². The summed E-state index contributed by atoms with van der Waals surface area (Å²) in [6.07, 6.45) is 0.340. The van der Waals surface area contributed by atoms with Crippen LogP contribution in [0.2, 0.25) is 0 Å². The Kier molecular flexibility index (Phi) is 5.96. The van der Waals surface area contributed by atoms with Gasteiger partial charge in [-0.2, -0.15) is 0 Å². The molecule has 0 saturated carbocycles. The largest absolute Gasteiger partial charge is 0.395 e. The molecule has 0 radical (unpaired) electrons. The molecule has 0 aromatic heterocycles. The summed E-state index contributed by atoms with van der Waals surface area (Å²) in [4.78, 5) is 14.1. The number of nitrogens with zero attached hydrogens (tertiary/aromatic N) is 1. The van der Waals surface area contributed by atoms with Crippen molar-refractivity contribution < 1.29 is 9.90 Å². The molecule has 0 aliphatic rings. The van der Waals surface area contributed by atoms with E-state index in [-0.39, 0.29) is 12.5 Å². The fraction of sp³-hybridized carbons (Fsp3) is 0.235. The van der Waals surface area contributed by atoms with Crippen molar-refractivity contribution in [2.45, 2.75) is 13.0 Å². The highest BCUT2D eigenvalue weighted by atomic mass is 79.9. The van der Waals surface area contributed by atoms with E-state index in [0.29, 0.717) is 19.5 Å².